The Hall–Kier alpha value is -2.94. The maximum atomic E-state index is 13.2. The Morgan fingerprint density at radius 3 is 1.82 bits per heavy atom. The van der Waals surface area contributed by atoms with Gasteiger partial charge in [0.25, 0.3) is 0 Å². The molecule has 9 nitrogen and oxygen atoms in total. The van der Waals surface area contributed by atoms with E-state index < -0.39 is 47.9 Å². The van der Waals surface area contributed by atoms with Crippen LogP contribution in [0.4, 0.5) is 0 Å². The summed E-state index contributed by atoms with van der Waals surface area (Å²) in [7, 11) is 0. The van der Waals surface area contributed by atoms with Gasteiger partial charge in [0.05, 0.1) is 6.04 Å². The fourth-order valence-corrected chi connectivity index (χ4v) is 3.24. The van der Waals surface area contributed by atoms with Gasteiger partial charge in [-0.3, -0.25) is 14.4 Å². The van der Waals surface area contributed by atoms with Crippen molar-refractivity contribution in [1.82, 2.24) is 16.0 Å². The zero-order valence-corrected chi connectivity index (χ0v) is 20.1. The van der Waals surface area contributed by atoms with Crippen molar-refractivity contribution < 1.29 is 24.3 Å². The molecule has 0 saturated carbocycles. The van der Waals surface area contributed by atoms with Crippen LogP contribution in [0.15, 0.2) is 30.3 Å². The summed E-state index contributed by atoms with van der Waals surface area (Å²) in [5, 5.41) is 17.5. The second-order valence-electron chi connectivity index (χ2n) is 8.62. The van der Waals surface area contributed by atoms with Crippen molar-refractivity contribution in [2.45, 2.75) is 78.0 Å². The van der Waals surface area contributed by atoms with Crippen molar-refractivity contribution in [1.29, 1.82) is 0 Å². The number of carbonyl (C=O) groups is 4. The molecule has 1 aromatic carbocycles. The van der Waals surface area contributed by atoms with E-state index >= 15 is 0 Å². The lowest BCUT2D eigenvalue weighted by Gasteiger charge is -2.28. The molecule has 0 saturated heterocycles. The van der Waals surface area contributed by atoms with Gasteiger partial charge in [0.2, 0.25) is 17.7 Å². The molecule has 1 rings (SSSR count). The van der Waals surface area contributed by atoms with E-state index in [0.29, 0.717) is 12.8 Å². The standard InChI is InChI=1S/C24H38N4O5/c1-6-14(3)19(27-21(29)16(5)25)23(31)26-18(13-17-11-9-8-10-12-17)22(30)28-20(24(32)33)15(4)7-2/h8-12,14-16,18-20H,6-7,13,25H2,1-5H3,(H,26,31)(H,27,29)(H,28,30)(H,32,33). The number of benzene rings is 1. The highest BCUT2D eigenvalue weighted by Crippen LogP contribution is 2.12. The van der Waals surface area contributed by atoms with E-state index in [1.54, 1.807) is 6.92 Å². The fraction of sp³-hybridized carbons (Fsp3) is 0.583. The van der Waals surface area contributed by atoms with Gasteiger partial charge in [-0.25, -0.2) is 4.79 Å². The summed E-state index contributed by atoms with van der Waals surface area (Å²) in [6.45, 7) is 8.82. The Morgan fingerprint density at radius 1 is 0.818 bits per heavy atom. The average molecular weight is 463 g/mol. The third kappa shape index (κ3) is 8.84. The van der Waals surface area contributed by atoms with Gasteiger partial charge < -0.3 is 26.8 Å². The molecule has 0 aliphatic rings. The van der Waals surface area contributed by atoms with Crippen LogP contribution in [0.5, 0.6) is 0 Å². The van der Waals surface area contributed by atoms with Crippen LogP contribution >= 0.6 is 0 Å². The first-order valence-electron chi connectivity index (χ1n) is 11.4. The summed E-state index contributed by atoms with van der Waals surface area (Å²) in [4.78, 5) is 50.1. The van der Waals surface area contributed by atoms with Crippen molar-refractivity contribution in [3.8, 4) is 0 Å². The van der Waals surface area contributed by atoms with Gasteiger partial charge in [0.15, 0.2) is 0 Å². The Labute approximate surface area is 195 Å². The van der Waals surface area contributed by atoms with Crippen LogP contribution in [0, 0.1) is 11.8 Å². The van der Waals surface area contributed by atoms with E-state index in [0.717, 1.165) is 5.56 Å². The van der Waals surface area contributed by atoms with E-state index in [-0.39, 0.29) is 18.3 Å². The first-order chi connectivity index (χ1) is 15.5. The van der Waals surface area contributed by atoms with E-state index in [9.17, 15) is 24.3 Å². The van der Waals surface area contributed by atoms with E-state index in [1.807, 2.05) is 51.1 Å². The monoisotopic (exact) mass is 462 g/mol. The lowest BCUT2D eigenvalue weighted by molar-refractivity contribution is -0.143. The fourth-order valence-electron chi connectivity index (χ4n) is 3.24. The van der Waals surface area contributed by atoms with E-state index in [4.69, 9.17) is 5.73 Å². The molecule has 0 aliphatic carbocycles. The third-order valence-electron chi connectivity index (χ3n) is 5.90. The lowest BCUT2D eigenvalue weighted by Crippen LogP contribution is -2.59. The van der Waals surface area contributed by atoms with E-state index in [1.165, 1.54) is 6.92 Å². The van der Waals surface area contributed by atoms with Gasteiger partial charge in [0.1, 0.15) is 18.1 Å². The Morgan fingerprint density at radius 2 is 1.33 bits per heavy atom. The van der Waals surface area contributed by atoms with Gasteiger partial charge in [-0.2, -0.15) is 0 Å². The largest absolute Gasteiger partial charge is 0.480 e. The Bertz CT molecular complexity index is 799. The molecule has 184 valence electrons. The molecule has 33 heavy (non-hydrogen) atoms. The molecule has 0 aliphatic heterocycles. The van der Waals surface area contributed by atoms with Crippen molar-refractivity contribution in [2.24, 2.45) is 17.6 Å². The molecular formula is C24H38N4O5. The van der Waals surface area contributed by atoms with Crippen LogP contribution in [-0.2, 0) is 25.6 Å². The summed E-state index contributed by atoms with van der Waals surface area (Å²) in [5.74, 6) is -3.23. The minimum Gasteiger partial charge on any atom is -0.480 e. The number of carboxylic acid groups (broad SMARTS) is 1. The van der Waals surface area contributed by atoms with Crippen molar-refractivity contribution >= 4 is 23.7 Å². The van der Waals surface area contributed by atoms with Gasteiger partial charge in [-0.15, -0.1) is 0 Å². The summed E-state index contributed by atoms with van der Waals surface area (Å²) in [6, 6.07) is 5.32. The molecule has 0 spiro atoms. The minimum absolute atomic E-state index is 0.166. The SMILES string of the molecule is CCC(C)C(NC(=O)C(Cc1ccccc1)NC(=O)C(NC(=O)C(C)N)C(C)CC)C(=O)O. The Kier molecular flexibility index (Phi) is 11.6. The normalized spacial score (nSPS) is 16.4. The molecule has 0 bridgehead atoms. The van der Waals surface area contributed by atoms with Crippen LogP contribution < -0.4 is 21.7 Å². The predicted octanol–water partition coefficient (Wildman–Crippen LogP) is 1.21. The number of carbonyl (C=O) groups excluding carboxylic acids is 3. The summed E-state index contributed by atoms with van der Waals surface area (Å²) in [6.07, 6.45) is 1.34. The zero-order chi connectivity index (χ0) is 25.1. The number of rotatable bonds is 13. The molecule has 3 amide bonds. The smallest absolute Gasteiger partial charge is 0.326 e. The van der Waals surface area contributed by atoms with Crippen LogP contribution in [0.25, 0.3) is 0 Å². The van der Waals surface area contributed by atoms with Crippen LogP contribution in [0.1, 0.15) is 53.0 Å². The first-order valence-corrected chi connectivity index (χ1v) is 11.4. The molecule has 9 heteroatoms. The van der Waals surface area contributed by atoms with Gasteiger partial charge in [-0.05, 0) is 24.3 Å². The molecule has 0 fully saturated rings. The quantitative estimate of drug-likeness (QED) is 0.297. The molecule has 0 radical (unpaired) electrons. The zero-order valence-electron chi connectivity index (χ0n) is 20.1. The maximum Gasteiger partial charge on any atom is 0.326 e. The van der Waals surface area contributed by atoms with Crippen molar-refractivity contribution in [2.75, 3.05) is 0 Å². The number of aliphatic carboxylic acids is 1. The molecule has 0 heterocycles. The topological polar surface area (TPSA) is 151 Å². The Balaban J connectivity index is 3.16. The summed E-state index contributed by atoms with van der Waals surface area (Å²) >= 11 is 0. The predicted molar refractivity (Wildman–Crippen MR) is 126 cm³/mol. The second-order valence-corrected chi connectivity index (χ2v) is 8.62. The number of nitrogens with two attached hydrogens (primary N) is 1. The molecular weight excluding hydrogens is 424 g/mol. The molecule has 6 unspecified atom stereocenters. The van der Waals surface area contributed by atoms with Crippen LogP contribution in [0.3, 0.4) is 0 Å². The summed E-state index contributed by atoms with van der Waals surface area (Å²) < 4.78 is 0. The molecule has 0 aromatic heterocycles. The minimum atomic E-state index is -1.14. The number of hydrogen-bond donors (Lipinski definition) is 5. The lowest BCUT2D eigenvalue weighted by atomic mass is 9.96. The van der Waals surface area contributed by atoms with Crippen molar-refractivity contribution in [3.05, 3.63) is 35.9 Å². The van der Waals surface area contributed by atoms with Gasteiger partial charge >= 0.3 is 5.97 Å². The number of hydrogen-bond acceptors (Lipinski definition) is 5. The molecule has 6 atom stereocenters. The number of carboxylic acids is 1. The number of amides is 3. The average Bonchev–Trinajstić information content (AvgIpc) is 2.79. The van der Waals surface area contributed by atoms with Crippen molar-refractivity contribution in [3.63, 3.8) is 0 Å². The maximum absolute atomic E-state index is 13.2. The highest BCUT2D eigenvalue weighted by Gasteiger charge is 2.33. The molecule has 6 N–H and O–H groups in total. The van der Waals surface area contributed by atoms with E-state index in [2.05, 4.69) is 16.0 Å². The van der Waals surface area contributed by atoms with Crippen LogP contribution in [-0.4, -0.2) is 53.0 Å². The highest BCUT2D eigenvalue weighted by atomic mass is 16.4. The third-order valence-corrected chi connectivity index (χ3v) is 5.90. The van der Waals surface area contributed by atoms with Gasteiger partial charge in [0, 0.05) is 6.42 Å². The molecule has 1 aromatic rings. The van der Waals surface area contributed by atoms with Crippen LogP contribution in [0.2, 0.25) is 0 Å². The number of nitrogens with one attached hydrogen (secondary N) is 3. The van der Waals surface area contributed by atoms with Gasteiger partial charge in [-0.1, -0.05) is 70.9 Å². The second kappa shape index (κ2) is 13.6. The summed E-state index contributed by atoms with van der Waals surface area (Å²) in [5.41, 5.74) is 6.44. The highest BCUT2D eigenvalue weighted by molar-refractivity contribution is 5.94. The first kappa shape index (κ1) is 28.1.